The minimum Gasteiger partial charge on any atom is -0.492 e. The number of para-hydroxylation sites is 1. The second-order valence-corrected chi connectivity index (χ2v) is 7.92. The molecular weight excluding hydrogens is 374 g/mol. The van der Waals surface area contributed by atoms with E-state index in [0.29, 0.717) is 13.0 Å². The summed E-state index contributed by atoms with van der Waals surface area (Å²) in [5, 5.41) is 2.89. The molecule has 7 heteroatoms. The summed E-state index contributed by atoms with van der Waals surface area (Å²) in [5.41, 5.74) is 2.13. The lowest BCUT2D eigenvalue weighted by Gasteiger charge is -2.17. The summed E-state index contributed by atoms with van der Waals surface area (Å²) < 4.78 is 5.84. The zero-order chi connectivity index (χ0) is 19.5. The van der Waals surface area contributed by atoms with Crippen molar-refractivity contribution in [1.29, 1.82) is 0 Å². The summed E-state index contributed by atoms with van der Waals surface area (Å²) in [5.74, 6) is 1.63. The molecule has 1 aliphatic rings. The first-order valence-electron chi connectivity index (χ1n) is 9.10. The monoisotopic (exact) mass is 395 g/mol. The molecule has 4 rings (SSSR count). The summed E-state index contributed by atoms with van der Waals surface area (Å²) in [7, 11) is 2.03. The zero-order valence-corrected chi connectivity index (χ0v) is 16.3. The fraction of sp³-hybridized carbons (Fsp3) is 0.238. The van der Waals surface area contributed by atoms with Crippen molar-refractivity contribution >= 4 is 39.6 Å². The Morgan fingerprint density at radius 3 is 2.61 bits per heavy atom. The number of ether oxygens (including phenoxy) is 1. The summed E-state index contributed by atoms with van der Waals surface area (Å²) in [4.78, 5) is 28.4. The highest BCUT2D eigenvalue weighted by Gasteiger charge is 2.31. The first-order chi connectivity index (χ1) is 13.6. The van der Waals surface area contributed by atoms with E-state index in [-0.39, 0.29) is 16.4 Å². The molecule has 1 aromatic heterocycles. The third kappa shape index (κ3) is 4.14. The number of hydrogen-bond donors (Lipinski definition) is 2. The number of fused-ring (bicyclic) bond motifs is 1. The van der Waals surface area contributed by atoms with Crippen molar-refractivity contribution in [1.82, 2.24) is 10.3 Å². The normalized spacial score (nSPS) is 16.4. The van der Waals surface area contributed by atoms with E-state index in [9.17, 15) is 9.59 Å². The van der Waals surface area contributed by atoms with Crippen LogP contribution in [0.2, 0.25) is 0 Å². The second kappa shape index (κ2) is 7.98. The van der Waals surface area contributed by atoms with E-state index in [2.05, 4.69) is 33.4 Å². The number of aromatic nitrogens is 1. The van der Waals surface area contributed by atoms with Gasteiger partial charge in [0.25, 0.3) is 5.24 Å². The van der Waals surface area contributed by atoms with Crippen LogP contribution in [0.25, 0.3) is 10.9 Å². The van der Waals surface area contributed by atoms with Crippen LogP contribution in [0.1, 0.15) is 5.56 Å². The van der Waals surface area contributed by atoms with Gasteiger partial charge in [-0.25, -0.2) is 0 Å². The van der Waals surface area contributed by atoms with E-state index in [1.54, 1.807) is 0 Å². The maximum absolute atomic E-state index is 11.7. The number of aromatic amines is 1. The highest BCUT2D eigenvalue weighted by Crippen LogP contribution is 2.24. The van der Waals surface area contributed by atoms with Gasteiger partial charge in [-0.2, -0.15) is 0 Å². The van der Waals surface area contributed by atoms with Gasteiger partial charge in [-0.05, 0) is 36.2 Å². The quantitative estimate of drug-likeness (QED) is 0.640. The number of likely N-dealkylation sites (N-methyl/N-ethyl adjacent to an activating group) is 1. The molecule has 0 bridgehead atoms. The van der Waals surface area contributed by atoms with Crippen LogP contribution in [0.3, 0.4) is 0 Å². The van der Waals surface area contributed by atoms with Crippen LogP contribution in [-0.4, -0.2) is 41.6 Å². The van der Waals surface area contributed by atoms with Gasteiger partial charge in [-0.3, -0.25) is 14.9 Å². The van der Waals surface area contributed by atoms with E-state index in [0.717, 1.165) is 41.0 Å². The Kier molecular flexibility index (Phi) is 5.25. The van der Waals surface area contributed by atoms with Crippen molar-refractivity contribution in [2.75, 3.05) is 25.1 Å². The number of thioether (sulfide) groups is 1. The van der Waals surface area contributed by atoms with Gasteiger partial charge in [0.05, 0.1) is 11.8 Å². The predicted molar refractivity (Wildman–Crippen MR) is 112 cm³/mol. The van der Waals surface area contributed by atoms with Crippen LogP contribution in [0.5, 0.6) is 5.75 Å². The molecular formula is C21H21N3O3S. The average Bonchev–Trinajstić information content (AvgIpc) is 3.26. The van der Waals surface area contributed by atoms with Crippen LogP contribution in [0, 0.1) is 0 Å². The molecule has 144 valence electrons. The molecule has 0 spiro atoms. The van der Waals surface area contributed by atoms with E-state index in [4.69, 9.17) is 4.74 Å². The Balaban J connectivity index is 1.27. The summed E-state index contributed by atoms with van der Waals surface area (Å²) in [6, 6.07) is 18.0. The van der Waals surface area contributed by atoms with E-state index in [1.807, 2.05) is 43.4 Å². The molecule has 1 aliphatic heterocycles. The number of hydrogen-bond acceptors (Lipinski definition) is 5. The smallest absolute Gasteiger partial charge is 0.286 e. The second-order valence-electron chi connectivity index (χ2n) is 6.74. The van der Waals surface area contributed by atoms with Crippen LogP contribution < -0.4 is 15.0 Å². The SMILES string of the molecule is CN(CCOc1ccc(CC2SC(=O)NC2=O)cc1)c1cc2ccccc2[nH]1. The Labute approximate surface area is 167 Å². The number of nitrogens with one attached hydrogen (secondary N) is 2. The van der Waals surface area contributed by atoms with Gasteiger partial charge in [0, 0.05) is 18.0 Å². The first-order valence-corrected chi connectivity index (χ1v) is 9.98. The van der Waals surface area contributed by atoms with E-state index < -0.39 is 0 Å². The molecule has 0 radical (unpaired) electrons. The van der Waals surface area contributed by atoms with Crippen molar-refractivity contribution in [3.8, 4) is 5.75 Å². The highest BCUT2D eigenvalue weighted by molar-refractivity contribution is 8.15. The van der Waals surface area contributed by atoms with Crippen LogP contribution in [0.4, 0.5) is 10.6 Å². The van der Waals surface area contributed by atoms with E-state index >= 15 is 0 Å². The van der Waals surface area contributed by atoms with Crippen LogP contribution in [-0.2, 0) is 11.2 Å². The molecule has 3 aromatic rings. The minimum atomic E-state index is -0.343. The lowest BCUT2D eigenvalue weighted by Crippen LogP contribution is -2.25. The van der Waals surface area contributed by atoms with E-state index in [1.165, 1.54) is 5.39 Å². The molecule has 28 heavy (non-hydrogen) atoms. The number of benzene rings is 2. The molecule has 1 atom stereocenters. The number of H-pyrrole nitrogens is 1. The number of amides is 2. The number of anilines is 1. The molecule has 6 nitrogen and oxygen atoms in total. The Bertz CT molecular complexity index is 967. The summed E-state index contributed by atoms with van der Waals surface area (Å²) >= 11 is 1.05. The van der Waals surface area contributed by atoms with Gasteiger partial charge in [0.15, 0.2) is 0 Å². The Morgan fingerprint density at radius 1 is 1.11 bits per heavy atom. The fourth-order valence-corrected chi connectivity index (χ4v) is 4.01. The van der Waals surface area contributed by atoms with Gasteiger partial charge in [0.1, 0.15) is 18.2 Å². The van der Waals surface area contributed by atoms with Gasteiger partial charge in [-0.15, -0.1) is 0 Å². The van der Waals surface area contributed by atoms with Crippen molar-refractivity contribution in [2.45, 2.75) is 11.7 Å². The lowest BCUT2D eigenvalue weighted by atomic mass is 10.1. The highest BCUT2D eigenvalue weighted by atomic mass is 32.2. The Morgan fingerprint density at radius 2 is 1.89 bits per heavy atom. The fourth-order valence-electron chi connectivity index (χ4n) is 3.15. The maximum atomic E-state index is 11.7. The molecule has 0 saturated carbocycles. The standard InChI is InChI=1S/C21H21N3O3S/c1-24(19-13-15-4-2-3-5-17(15)22-19)10-11-27-16-8-6-14(7-9-16)12-18-20(25)23-21(26)28-18/h2-9,13,18,22H,10-12H2,1H3,(H,23,25,26). The molecule has 1 saturated heterocycles. The minimum absolute atomic E-state index is 0.213. The molecule has 2 N–H and O–H groups in total. The molecule has 2 amide bonds. The van der Waals surface area contributed by atoms with Gasteiger partial charge < -0.3 is 14.6 Å². The zero-order valence-electron chi connectivity index (χ0n) is 15.5. The van der Waals surface area contributed by atoms with Crippen LogP contribution >= 0.6 is 11.8 Å². The molecule has 2 aromatic carbocycles. The maximum Gasteiger partial charge on any atom is 0.286 e. The predicted octanol–water partition coefficient (Wildman–Crippen LogP) is 3.58. The lowest BCUT2D eigenvalue weighted by molar-refractivity contribution is -0.118. The Hall–Kier alpha value is -2.93. The third-order valence-corrected chi connectivity index (χ3v) is 5.72. The molecule has 0 aliphatic carbocycles. The number of nitrogens with zero attached hydrogens (tertiary/aromatic N) is 1. The molecule has 1 fully saturated rings. The van der Waals surface area contributed by atoms with Crippen molar-refractivity contribution in [2.24, 2.45) is 0 Å². The van der Waals surface area contributed by atoms with Gasteiger partial charge >= 0.3 is 0 Å². The summed E-state index contributed by atoms with van der Waals surface area (Å²) in [6.45, 7) is 1.30. The van der Waals surface area contributed by atoms with Gasteiger partial charge in [-0.1, -0.05) is 42.1 Å². The van der Waals surface area contributed by atoms with Gasteiger partial charge in [0.2, 0.25) is 5.91 Å². The largest absolute Gasteiger partial charge is 0.492 e. The van der Waals surface area contributed by atoms with Crippen molar-refractivity contribution in [3.05, 3.63) is 60.2 Å². The number of carbonyl (C=O) groups excluding carboxylic acids is 2. The topological polar surface area (TPSA) is 74.4 Å². The van der Waals surface area contributed by atoms with Crippen molar-refractivity contribution < 1.29 is 14.3 Å². The van der Waals surface area contributed by atoms with Crippen molar-refractivity contribution in [3.63, 3.8) is 0 Å². The number of carbonyl (C=O) groups is 2. The number of imide groups is 1. The summed E-state index contributed by atoms with van der Waals surface area (Å²) in [6.07, 6.45) is 0.533. The first kappa shape index (κ1) is 18.4. The number of rotatable bonds is 7. The van der Waals surface area contributed by atoms with Crippen LogP contribution in [0.15, 0.2) is 54.6 Å². The average molecular weight is 395 g/mol. The molecule has 1 unspecified atom stereocenters. The third-order valence-electron chi connectivity index (χ3n) is 4.73. The molecule has 2 heterocycles.